The lowest BCUT2D eigenvalue weighted by Gasteiger charge is -1.95. The second kappa shape index (κ2) is 2.95. The Hall–Kier alpha value is -1.35. The van der Waals surface area contributed by atoms with Crippen LogP contribution in [0, 0.1) is 0 Å². The van der Waals surface area contributed by atoms with Gasteiger partial charge >= 0.3 is 0 Å². The molecular weight excluding hydrogens is 168 g/mol. The lowest BCUT2D eigenvalue weighted by atomic mass is 10.2. The van der Waals surface area contributed by atoms with Gasteiger partial charge in [-0.1, -0.05) is 0 Å². The lowest BCUT2D eigenvalue weighted by molar-refractivity contribution is 1.41. The highest BCUT2D eigenvalue weighted by atomic mass is 32.1. The maximum Gasteiger partial charge on any atom is 0.123 e. The first kappa shape index (κ1) is 7.31. The van der Waals surface area contributed by atoms with Gasteiger partial charge < -0.3 is 5.73 Å². The first-order chi connectivity index (χ1) is 5.86. The predicted molar refractivity (Wildman–Crippen MR) is 52.0 cm³/mol. The van der Waals surface area contributed by atoms with Crippen LogP contribution in [0.25, 0.3) is 10.6 Å². The summed E-state index contributed by atoms with van der Waals surface area (Å²) in [7, 11) is 0. The molecule has 0 bridgehead atoms. The van der Waals surface area contributed by atoms with Crippen LogP contribution < -0.4 is 5.73 Å². The fourth-order valence-corrected chi connectivity index (χ4v) is 1.64. The van der Waals surface area contributed by atoms with Crippen molar-refractivity contribution in [2.24, 2.45) is 0 Å². The van der Waals surface area contributed by atoms with Crippen molar-refractivity contribution in [2.75, 3.05) is 5.73 Å². The number of benzene rings is 1. The number of rotatable bonds is 1. The minimum absolute atomic E-state index is 0.787. The van der Waals surface area contributed by atoms with E-state index in [1.54, 1.807) is 17.5 Å². The van der Waals surface area contributed by atoms with Crippen molar-refractivity contribution in [3.63, 3.8) is 0 Å². The molecule has 0 aliphatic carbocycles. The third-order valence-electron chi connectivity index (χ3n) is 1.59. The Labute approximate surface area is 74.7 Å². The van der Waals surface area contributed by atoms with Gasteiger partial charge in [-0.2, -0.15) is 0 Å². The molecule has 0 saturated heterocycles. The van der Waals surface area contributed by atoms with Crippen LogP contribution >= 0.6 is 11.3 Å². The van der Waals surface area contributed by atoms with Crippen LogP contribution in [0.15, 0.2) is 35.8 Å². The van der Waals surface area contributed by atoms with Gasteiger partial charge in [0.1, 0.15) is 5.01 Å². The molecule has 2 aromatic rings. The highest BCUT2D eigenvalue weighted by Gasteiger charge is 1.97. The highest BCUT2D eigenvalue weighted by molar-refractivity contribution is 7.13. The van der Waals surface area contributed by atoms with E-state index in [1.165, 1.54) is 0 Å². The van der Waals surface area contributed by atoms with Crippen molar-refractivity contribution < 1.29 is 0 Å². The number of nitrogen functional groups attached to an aromatic ring is 1. The maximum absolute atomic E-state index is 5.56. The van der Waals surface area contributed by atoms with E-state index in [9.17, 15) is 0 Å². The Morgan fingerprint density at radius 2 is 1.92 bits per heavy atom. The molecule has 12 heavy (non-hydrogen) atoms. The standard InChI is InChI=1S/C9H8N2S/c10-8-3-1-7(2-4-8)9-11-5-6-12-9/h1-6H,10H2. The Morgan fingerprint density at radius 1 is 1.17 bits per heavy atom. The van der Waals surface area contributed by atoms with Crippen LogP contribution in [0.3, 0.4) is 0 Å². The molecule has 2 rings (SSSR count). The molecule has 0 saturated carbocycles. The van der Waals surface area contributed by atoms with Crippen molar-refractivity contribution in [3.05, 3.63) is 35.8 Å². The monoisotopic (exact) mass is 176 g/mol. The zero-order valence-electron chi connectivity index (χ0n) is 6.40. The summed E-state index contributed by atoms with van der Waals surface area (Å²) < 4.78 is 0. The number of hydrogen-bond donors (Lipinski definition) is 1. The summed E-state index contributed by atoms with van der Waals surface area (Å²) in [6.07, 6.45) is 1.80. The molecule has 2 nitrogen and oxygen atoms in total. The third kappa shape index (κ3) is 1.31. The zero-order chi connectivity index (χ0) is 8.39. The van der Waals surface area contributed by atoms with Crippen LogP contribution in [-0.2, 0) is 0 Å². The van der Waals surface area contributed by atoms with E-state index in [-0.39, 0.29) is 0 Å². The van der Waals surface area contributed by atoms with E-state index in [1.807, 2.05) is 29.6 Å². The van der Waals surface area contributed by atoms with Crippen molar-refractivity contribution >= 4 is 17.0 Å². The fourth-order valence-electron chi connectivity index (χ4n) is 0.992. The zero-order valence-corrected chi connectivity index (χ0v) is 7.21. The van der Waals surface area contributed by atoms with Gasteiger partial charge in [0.25, 0.3) is 0 Å². The van der Waals surface area contributed by atoms with Gasteiger partial charge in [-0.25, -0.2) is 4.98 Å². The van der Waals surface area contributed by atoms with Gasteiger partial charge in [0.2, 0.25) is 0 Å². The molecular formula is C9H8N2S. The van der Waals surface area contributed by atoms with E-state index >= 15 is 0 Å². The number of nitrogens with zero attached hydrogens (tertiary/aromatic N) is 1. The van der Waals surface area contributed by atoms with Crippen molar-refractivity contribution in [1.82, 2.24) is 4.98 Å². The Bertz CT molecular complexity index is 351. The lowest BCUT2D eigenvalue weighted by Crippen LogP contribution is -1.82. The van der Waals surface area contributed by atoms with Gasteiger partial charge in [-0.3, -0.25) is 0 Å². The van der Waals surface area contributed by atoms with Gasteiger partial charge in [0, 0.05) is 22.8 Å². The van der Waals surface area contributed by atoms with Gasteiger partial charge in [-0.05, 0) is 24.3 Å². The summed E-state index contributed by atoms with van der Waals surface area (Å²) in [6, 6.07) is 7.73. The Morgan fingerprint density at radius 3 is 2.50 bits per heavy atom. The smallest absolute Gasteiger partial charge is 0.123 e. The number of thiazole rings is 1. The summed E-state index contributed by atoms with van der Waals surface area (Å²) in [6.45, 7) is 0. The van der Waals surface area contributed by atoms with E-state index in [4.69, 9.17) is 5.73 Å². The molecule has 0 aliphatic heterocycles. The number of nitrogens with two attached hydrogens (primary N) is 1. The second-order valence-corrected chi connectivity index (χ2v) is 3.35. The molecule has 0 spiro atoms. The molecule has 0 radical (unpaired) electrons. The van der Waals surface area contributed by atoms with Crippen LogP contribution in [0.4, 0.5) is 5.69 Å². The molecule has 3 heteroatoms. The minimum Gasteiger partial charge on any atom is -0.399 e. The van der Waals surface area contributed by atoms with Crippen molar-refractivity contribution in [2.45, 2.75) is 0 Å². The Kier molecular flexibility index (Phi) is 1.80. The van der Waals surface area contributed by atoms with Crippen molar-refractivity contribution in [1.29, 1.82) is 0 Å². The topological polar surface area (TPSA) is 38.9 Å². The largest absolute Gasteiger partial charge is 0.399 e. The normalized spacial score (nSPS) is 10.0. The molecule has 1 heterocycles. The highest BCUT2D eigenvalue weighted by Crippen LogP contribution is 2.21. The summed E-state index contributed by atoms with van der Waals surface area (Å²) >= 11 is 1.63. The number of aromatic nitrogens is 1. The minimum atomic E-state index is 0.787. The first-order valence-corrected chi connectivity index (χ1v) is 4.49. The summed E-state index contributed by atoms with van der Waals surface area (Å²) in [5.41, 5.74) is 7.47. The Balaban J connectivity index is 2.43. The SMILES string of the molecule is Nc1ccc(-c2nccs2)cc1. The number of hydrogen-bond acceptors (Lipinski definition) is 3. The molecule has 0 unspecified atom stereocenters. The van der Waals surface area contributed by atoms with E-state index < -0.39 is 0 Å². The molecule has 1 aromatic heterocycles. The van der Waals surface area contributed by atoms with E-state index in [0.717, 1.165) is 16.3 Å². The molecule has 0 aliphatic rings. The maximum atomic E-state index is 5.56. The summed E-state index contributed by atoms with van der Waals surface area (Å²) in [4.78, 5) is 4.19. The second-order valence-electron chi connectivity index (χ2n) is 2.46. The average Bonchev–Trinajstić information content (AvgIpc) is 2.58. The molecule has 60 valence electrons. The van der Waals surface area contributed by atoms with Gasteiger partial charge in [0.05, 0.1) is 0 Å². The summed E-state index contributed by atoms with van der Waals surface area (Å²) in [5, 5.41) is 3.00. The quantitative estimate of drug-likeness (QED) is 0.677. The molecule has 0 atom stereocenters. The van der Waals surface area contributed by atoms with Gasteiger partial charge in [0.15, 0.2) is 0 Å². The molecule has 0 fully saturated rings. The third-order valence-corrected chi connectivity index (χ3v) is 2.41. The summed E-state index contributed by atoms with van der Waals surface area (Å²) in [5.74, 6) is 0. The van der Waals surface area contributed by atoms with Crippen LogP contribution in [0.1, 0.15) is 0 Å². The van der Waals surface area contributed by atoms with Crippen LogP contribution in [-0.4, -0.2) is 4.98 Å². The molecule has 0 amide bonds. The first-order valence-electron chi connectivity index (χ1n) is 3.62. The van der Waals surface area contributed by atoms with Crippen molar-refractivity contribution in [3.8, 4) is 10.6 Å². The molecule has 2 N–H and O–H groups in total. The fraction of sp³-hybridized carbons (Fsp3) is 0. The van der Waals surface area contributed by atoms with Gasteiger partial charge in [-0.15, -0.1) is 11.3 Å². The van der Waals surface area contributed by atoms with Crippen LogP contribution in [0.2, 0.25) is 0 Å². The average molecular weight is 176 g/mol. The number of anilines is 1. The van der Waals surface area contributed by atoms with Crippen LogP contribution in [0.5, 0.6) is 0 Å². The molecule has 1 aromatic carbocycles. The predicted octanol–water partition coefficient (Wildman–Crippen LogP) is 2.39. The van der Waals surface area contributed by atoms with E-state index in [2.05, 4.69) is 4.98 Å². The van der Waals surface area contributed by atoms with E-state index in [0.29, 0.717) is 0 Å².